The lowest BCUT2D eigenvalue weighted by Crippen LogP contribution is -2.14. The molecule has 0 atom stereocenters. The Labute approximate surface area is 174 Å². The molecule has 5 rings (SSSR count). The molecule has 1 amide bonds. The monoisotopic (exact) mass is 395 g/mol. The van der Waals surface area contributed by atoms with Gasteiger partial charge in [0.15, 0.2) is 5.82 Å². The van der Waals surface area contributed by atoms with Crippen LogP contribution in [-0.2, 0) is 11.2 Å². The maximum Gasteiger partial charge on any atom is 0.228 e. The molecule has 0 saturated heterocycles. The highest BCUT2D eigenvalue weighted by atomic mass is 16.1. The summed E-state index contributed by atoms with van der Waals surface area (Å²) in [5, 5.41) is 15.0. The fourth-order valence-corrected chi connectivity index (χ4v) is 3.49. The van der Waals surface area contributed by atoms with Crippen LogP contribution in [0, 0.1) is 0 Å². The third kappa shape index (κ3) is 3.98. The van der Waals surface area contributed by atoms with E-state index in [2.05, 4.69) is 45.1 Å². The Bertz CT molecular complexity index is 1150. The third-order valence-corrected chi connectivity index (χ3v) is 5.24. The quantitative estimate of drug-likeness (QED) is 0.521. The van der Waals surface area contributed by atoms with Crippen molar-refractivity contribution in [3.63, 3.8) is 0 Å². The van der Waals surface area contributed by atoms with Crippen molar-refractivity contribution in [2.24, 2.45) is 0 Å². The molecule has 4 aromatic rings. The minimum Gasteiger partial charge on any atom is -0.326 e. The van der Waals surface area contributed by atoms with E-state index < -0.39 is 0 Å². The van der Waals surface area contributed by atoms with Gasteiger partial charge in [-0.05, 0) is 64.2 Å². The molecule has 6 nitrogen and oxygen atoms in total. The fraction of sp³-hybridized carbons (Fsp3) is 0.167. The van der Waals surface area contributed by atoms with Crippen LogP contribution >= 0.6 is 0 Å². The number of hydrogen-bond donors (Lipinski definition) is 1. The summed E-state index contributed by atoms with van der Waals surface area (Å²) in [5.74, 6) is 0.729. The first-order valence-electron chi connectivity index (χ1n) is 10.1. The van der Waals surface area contributed by atoms with Crippen LogP contribution in [0.15, 0.2) is 78.9 Å². The lowest BCUT2D eigenvalue weighted by atomic mass is 10.0. The number of nitrogens with zero attached hydrogens (tertiary/aromatic N) is 4. The van der Waals surface area contributed by atoms with Gasteiger partial charge < -0.3 is 5.32 Å². The summed E-state index contributed by atoms with van der Waals surface area (Å²) in [6.45, 7) is 0. The molecule has 30 heavy (non-hydrogen) atoms. The van der Waals surface area contributed by atoms with Crippen molar-refractivity contribution in [2.45, 2.75) is 25.3 Å². The van der Waals surface area contributed by atoms with Gasteiger partial charge in [-0.15, -0.1) is 5.10 Å². The summed E-state index contributed by atoms with van der Waals surface area (Å²) in [4.78, 5) is 12.5. The smallest absolute Gasteiger partial charge is 0.228 e. The van der Waals surface area contributed by atoms with Crippen LogP contribution in [0.4, 0.5) is 5.69 Å². The third-order valence-electron chi connectivity index (χ3n) is 5.24. The molecule has 0 unspecified atom stereocenters. The Balaban J connectivity index is 1.22. The number of aromatic nitrogens is 4. The zero-order chi connectivity index (χ0) is 20.3. The number of benzene rings is 3. The molecule has 1 saturated carbocycles. The van der Waals surface area contributed by atoms with E-state index in [4.69, 9.17) is 0 Å². The molecule has 0 radical (unpaired) electrons. The molecule has 6 heteroatoms. The highest BCUT2D eigenvalue weighted by Gasteiger charge is 2.28. The molecule has 1 aliphatic carbocycles. The SMILES string of the molecule is O=C(Cc1ccc(-c2ccccc2)cc1)Nc1ccc(-c2nnnn2C2CC2)cc1. The first kappa shape index (κ1) is 18.2. The van der Waals surface area contributed by atoms with Crippen molar-refractivity contribution in [3.8, 4) is 22.5 Å². The normalized spacial score (nSPS) is 13.2. The van der Waals surface area contributed by atoms with Gasteiger partial charge in [0.05, 0.1) is 12.5 Å². The van der Waals surface area contributed by atoms with Gasteiger partial charge in [0, 0.05) is 11.3 Å². The van der Waals surface area contributed by atoms with E-state index in [0.717, 1.165) is 41.0 Å². The molecular formula is C24H21N5O. The van der Waals surface area contributed by atoms with Crippen molar-refractivity contribution in [1.29, 1.82) is 0 Å². The maximum atomic E-state index is 12.5. The Morgan fingerprint density at radius 1 is 0.867 bits per heavy atom. The molecule has 1 fully saturated rings. The van der Waals surface area contributed by atoms with Crippen molar-refractivity contribution in [3.05, 3.63) is 84.4 Å². The minimum atomic E-state index is -0.0435. The predicted octanol–water partition coefficient (Wildman–Crippen LogP) is 4.52. The molecule has 1 aromatic heterocycles. The number of carbonyl (C=O) groups excluding carboxylic acids is 1. The second-order valence-electron chi connectivity index (χ2n) is 7.54. The fourth-order valence-electron chi connectivity index (χ4n) is 3.49. The van der Waals surface area contributed by atoms with Crippen molar-refractivity contribution < 1.29 is 4.79 Å². The Hall–Kier alpha value is -3.80. The second-order valence-corrected chi connectivity index (χ2v) is 7.54. The molecule has 1 N–H and O–H groups in total. The number of carbonyl (C=O) groups is 1. The molecule has 1 heterocycles. The summed E-state index contributed by atoms with van der Waals surface area (Å²) in [5.41, 5.74) is 4.99. The van der Waals surface area contributed by atoms with E-state index in [1.54, 1.807) is 0 Å². The number of hydrogen-bond acceptors (Lipinski definition) is 4. The summed E-state index contributed by atoms with van der Waals surface area (Å²) in [7, 11) is 0. The average Bonchev–Trinajstić information content (AvgIpc) is 3.52. The second kappa shape index (κ2) is 7.91. The van der Waals surface area contributed by atoms with Gasteiger partial charge in [-0.25, -0.2) is 4.68 Å². The Kier molecular flexibility index (Phi) is 4.81. The molecule has 0 bridgehead atoms. The van der Waals surface area contributed by atoms with E-state index in [1.807, 2.05) is 59.3 Å². The van der Waals surface area contributed by atoms with Gasteiger partial charge in [0.2, 0.25) is 5.91 Å². The minimum absolute atomic E-state index is 0.0435. The van der Waals surface area contributed by atoms with E-state index in [9.17, 15) is 4.79 Å². The van der Waals surface area contributed by atoms with Gasteiger partial charge in [-0.1, -0.05) is 54.6 Å². The lowest BCUT2D eigenvalue weighted by Gasteiger charge is -2.08. The zero-order valence-corrected chi connectivity index (χ0v) is 16.4. The van der Waals surface area contributed by atoms with E-state index >= 15 is 0 Å². The standard InChI is InChI=1S/C24H21N5O/c30-23(16-17-6-8-19(9-7-17)18-4-2-1-3-5-18)25-21-12-10-20(11-13-21)24-26-27-28-29(24)22-14-15-22/h1-13,22H,14-16H2,(H,25,30). The molecular weight excluding hydrogens is 374 g/mol. The number of amides is 1. The number of tetrazole rings is 1. The molecule has 3 aromatic carbocycles. The molecule has 148 valence electrons. The van der Waals surface area contributed by atoms with Gasteiger partial charge in [0.1, 0.15) is 0 Å². The van der Waals surface area contributed by atoms with E-state index in [-0.39, 0.29) is 5.91 Å². The predicted molar refractivity (Wildman–Crippen MR) is 116 cm³/mol. The van der Waals surface area contributed by atoms with Crippen molar-refractivity contribution >= 4 is 11.6 Å². The molecule has 0 spiro atoms. The van der Waals surface area contributed by atoms with E-state index in [0.29, 0.717) is 12.5 Å². The Morgan fingerprint density at radius 3 is 2.23 bits per heavy atom. The number of rotatable bonds is 6. The number of nitrogens with one attached hydrogen (secondary N) is 1. The summed E-state index contributed by atoms with van der Waals surface area (Å²) < 4.78 is 1.88. The highest BCUT2D eigenvalue weighted by Crippen LogP contribution is 2.36. The molecule has 1 aliphatic rings. The van der Waals surface area contributed by atoms with Gasteiger partial charge in [0.25, 0.3) is 0 Å². The molecule has 0 aliphatic heterocycles. The van der Waals surface area contributed by atoms with Crippen LogP contribution < -0.4 is 5.32 Å². The van der Waals surface area contributed by atoms with Crippen molar-refractivity contribution in [1.82, 2.24) is 20.2 Å². The average molecular weight is 395 g/mol. The van der Waals surface area contributed by atoms with Crippen LogP contribution in [0.25, 0.3) is 22.5 Å². The van der Waals surface area contributed by atoms with Crippen molar-refractivity contribution in [2.75, 3.05) is 5.32 Å². The number of anilines is 1. The van der Waals surface area contributed by atoms with Gasteiger partial charge in [-0.2, -0.15) is 0 Å². The van der Waals surface area contributed by atoms with Crippen LogP contribution in [-0.4, -0.2) is 26.1 Å². The van der Waals surface area contributed by atoms with Crippen LogP contribution in [0.1, 0.15) is 24.4 Å². The zero-order valence-electron chi connectivity index (χ0n) is 16.4. The summed E-state index contributed by atoms with van der Waals surface area (Å²) in [6, 6.07) is 26.4. The van der Waals surface area contributed by atoms with Gasteiger partial charge >= 0.3 is 0 Å². The maximum absolute atomic E-state index is 12.5. The summed E-state index contributed by atoms with van der Waals surface area (Å²) in [6.07, 6.45) is 2.58. The topological polar surface area (TPSA) is 72.7 Å². The largest absolute Gasteiger partial charge is 0.326 e. The first-order valence-corrected chi connectivity index (χ1v) is 10.1. The first-order chi connectivity index (χ1) is 14.8. The van der Waals surface area contributed by atoms with Crippen LogP contribution in [0.3, 0.4) is 0 Å². The Morgan fingerprint density at radius 2 is 1.53 bits per heavy atom. The van der Waals surface area contributed by atoms with E-state index in [1.165, 1.54) is 5.56 Å². The van der Waals surface area contributed by atoms with Crippen LogP contribution in [0.2, 0.25) is 0 Å². The van der Waals surface area contributed by atoms with Gasteiger partial charge in [-0.3, -0.25) is 4.79 Å². The summed E-state index contributed by atoms with van der Waals surface area (Å²) >= 11 is 0. The highest BCUT2D eigenvalue weighted by molar-refractivity contribution is 5.92. The van der Waals surface area contributed by atoms with Crippen LogP contribution in [0.5, 0.6) is 0 Å². The lowest BCUT2D eigenvalue weighted by molar-refractivity contribution is -0.115.